The molecule has 110 valence electrons. The van der Waals surface area contributed by atoms with Crippen LogP contribution in [0.5, 0.6) is 5.75 Å². The molecule has 1 unspecified atom stereocenters. The fourth-order valence-electron chi connectivity index (χ4n) is 2.62. The molecule has 0 aliphatic carbocycles. The van der Waals surface area contributed by atoms with Crippen LogP contribution in [-0.2, 0) is 4.74 Å². The van der Waals surface area contributed by atoms with Gasteiger partial charge in [0.15, 0.2) is 12.0 Å². The number of carbonyl (C=O) groups is 1. The molecule has 1 aliphatic heterocycles. The third-order valence-corrected chi connectivity index (χ3v) is 3.64. The number of nitrogens with zero attached hydrogens (tertiary/aromatic N) is 3. The monoisotopic (exact) mass is 287 g/mol. The topological polar surface area (TPSA) is 66.2 Å². The Labute approximate surface area is 122 Å². The van der Waals surface area contributed by atoms with Crippen LogP contribution in [0.1, 0.15) is 40.7 Å². The van der Waals surface area contributed by atoms with Crippen LogP contribution < -0.4 is 4.74 Å². The number of carbonyl (C=O) groups excluding carboxylic acids is 1. The van der Waals surface area contributed by atoms with Crippen LogP contribution in [0.25, 0.3) is 5.69 Å². The summed E-state index contributed by atoms with van der Waals surface area (Å²) in [6, 6.07) is 5.80. The lowest BCUT2D eigenvalue weighted by Gasteiger charge is -2.15. The van der Waals surface area contributed by atoms with Gasteiger partial charge in [-0.25, -0.2) is 4.68 Å². The molecule has 0 spiro atoms. The van der Waals surface area contributed by atoms with Gasteiger partial charge >= 0.3 is 0 Å². The second kappa shape index (κ2) is 5.65. The van der Waals surface area contributed by atoms with Gasteiger partial charge < -0.3 is 9.47 Å². The smallest absolute Gasteiger partial charge is 0.172 e. The predicted octanol–water partition coefficient (Wildman–Crippen LogP) is 2.25. The van der Waals surface area contributed by atoms with Gasteiger partial charge in [-0.2, -0.15) is 0 Å². The number of ether oxygens (including phenoxy) is 2. The molecule has 6 heteroatoms. The molecule has 1 atom stereocenters. The summed E-state index contributed by atoms with van der Waals surface area (Å²) in [7, 11) is 1.61. The van der Waals surface area contributed by atoms with Gasteiger partial charge in [0, 0.05) is 6.61 Å². The molecule has 1 saturated heterocycles. The number of methoxy groups -OCH3 is 1. The Morgan fingerprint density at radius 3 is 3.00 bits per heavy atom. The van der Waals surface area contributed by atoms with Crippen molar-refractivity contribution in [2.75, 3.05) is 13.7 Å². The lowest BCUT2D eigenvalue weighted by atomic mass is 10.1. The van der Waals surface area contributed by atoms with Crippen LogP contribution in [0.3, 0.4) is 0 Å². The van der Waals surface area contributed by atoms with Crippen molar-refractivity contribution in [1.29, 1.82) is 0 Å². The molecule has 1 aromatic carbocycles. The minimum atomic E-state index is -0.148. The SMILES string of the molecule is COc1ccc(C)cc1-n1nnc(C=O)c1C1CCCO1. The number of benzene rings is 1. The number of aldehydes is 1. The van der Waals surface area contributed by atoms with E-state index in [1.54, 1.807) is 11.8 Å². The first-order chi connectivity index (χ1) is 10.2. The third-order valence-electron chi connectivity index (χ3n) is 3.64. The second-order valence-electron chi connectivity index (χ2n) is 5.07. The Bertz CT molecular complexity index is 660. The Balaban J connectivity index is 2.16. The zero-order valence-corrected chi connectivity index (χ0v) is 12.1. The Morgan fingerprint density at radius 1 is 1.48 bits per heavy atom. The maximum atomic E-state index is 11.2. The van der Waals surface area contributed by atoms with Crippen molar-refractivity contribution < 1.29 is 14.3 Å². The Hall–Kier alpha value is -2.21. The van der Waals surface area contributed by atoms with E-state index in [0.29, 0.717) is 23.7 Å². The average Bonchev–Trinajstić information content (AvgIpc) is 3.15. The zero-order chi connectivity index (χ0) is 14.8. The molecule has 0 N–H and O–H groups in total. The highest BCUT2D eigenvalue weighted by atomic mass is 16.5. The van der Waals surface area contributed by atoms with Crippen molar-refractivity contribution in [2.24, 2.45) is 0 Å². The molecular weight excluding hydrogens is 270 g/mol. The summed E-state index contributed by atoms with van der Waals surface area (Å²) in [5, 5.41) is 8.10. The summed E-state index contributed by atoms with van der Waals surface area (Å²) >= 11 is 0. The number of aromatic nitrogens is 3. The van der Waals surface area contributed by atoms with Crippen molar-refractivity contribution in [1.82, 2.24) is 15.0 Å². The highest BCUT2D eigenvalue weighted by Gasteiger charge is 2.28. The van der Waals surface area contributed by atoms with E-state index in [1.165, 1.54) is 0 Å². The Kier molecular flexibility index (Phi) is 3.70. The maximum Gasteiger partial charge on any atom is 0.172 e. The fourth-order valence-corrected chi connectivity index (χ4v) is 2.62. The van der Waals surface area contributed by atoms with Gasteiger partial charge in [0.05, 0.1) is 7.11 Å². The lowest BCUT2D eigenvalue weighted by molar-refractivity contribution is 0.102. The van der Waals surface area contributed by atoms with Crippen molar-refractivity contribution in [2.45, 2.75) is 25.9 Å². The van der Waals surface area contributed by atoms with Crippen LogP contribution in [0.15, 0.2) is 18.2 Å². The minimum absolute atomic E-state index is 0.148. The van der Waals surface area contributed by atoms with Crippen LogP contribution in [0.2, 0.25) is 0 Å². The van der Waals surface area contributed by atoms with Crippen molar-refractivity contribution in [3.05, 3.63) is 35.2 Å². The molecule has 3 rings (SSSR count). The van der Waals surface area contributed by atoms with Gasteiger partial charge in [-0.05, 0) is 37.5 Å². The molecule has 1 aliphatic rings. The molecule has 0 saturated carbocycles. The lowest BCUT2D eigenvalue weighted by Crippen LogP contribution is -2.10. The van der Waals surface area contributed by atoms with Crippen molar-refractivity contribution in [3.8, 4) is 11.4 Å². The Morgan fingerprint density at radius 2 is 2.33 bits per heavy atom. The third kappa shape index (κ3) is 2.42. The van der Waals surface area contributed by atoms with Gasteiger partial charge in [0.1, 0.15) is 23.2 Å². The van der Waals surface area contributed by atoms with Crippen molar-refractivity contribution >= 4 is 6.29 Å². The van der Waals surface area contributed by atoms with E-state index in [9.17, 15) is 4.79 Å². The predicted molar refractivity (Wildman–Crippen MR) is 76.0 cm³/mol. The van der Waals surface area contributed by atoms with E-state index in [0.717, 1.165) is 30.4 Å². The number of hydrogen-bond acceptors (Lipinski definition) is 5. The average molecular weight is 287 g/mol. The second-order valence-corrected chi connectivity index (χ2v) is 5.07. The molecule has 1 fully saturated rings. The molecule has 21 heavy (non-hydrogen) atoms. The summed E-state index contributed by atoms with van der Waals surface area (Å²) < 4.78 is 12.8. The first kappa shape index (κ1) is 13.8. The molecule has 6 nitrogen and oxygen atoms in total. The molecule has 2 heterocycles. The van der Waals surface area contributed by atoms with E-state index < -0.39 is 0 Å². The minimum Gasteiger partial charge on any atom is -0.494 e. The van der Waals surface area contributed by atoms with E-state index in [-0.39, 0.29) is 6.10 Å². The first-order valence-corrected chi connectivity index (χ1v) is 6.92. The van der Waals surface area contributed by atoms with Crippen LogP contribution >= 0.6 is 0 Å². The highest BCUT2D eigenvalue weighted by Crippen LogP contribution is 2.33. The van der Waals surface area contributed by atoms with Crippen molar-refractivity contribution in [3.63, 3.8) is 0 Å². The fraction of sp³-hybridized carbons (Fsp3) is 0.400. The van der Waals surface area contributed by atoms with Gasteiger partial charge in [0.2, 0.25) is 0 Å². The summed E-state index contributed by atoms with van der Waals surface area (Å²) in [4.78, 5) is 11.2. The molecule has 0 amide bonds. The van der Waals surface area contributed by atoms with E-state index in [2.05, 4.69) is 10.3 Å². The van der Waals surface area contributed by atoms with E-state index >= 15 is 0 Å². The molecular formula is C15H17N3O3. The zero-order valence-electron chi connectivity index (χ0n) is 12.1. The van der Waals surface area contributed by atoms with Crippen LogP contribution in [0, 0.1) is 6.92 Å². The number of aryl methyl sites for hydroxylation is 1. The van der Waals surface area contributed by atoms with Gasteiger partial charge in [-0.1, -0.05) is 11.3 Å². The van der Waals surface area contributed by atoms with E-state index in [1.807, 2.05) is 25.1 Å². The van der Waals surface area contributed by atoms with Gasteiger partial charge in [-0.15, -0.1) is 5.10 Å². The largest absolute Gasteiger partial charge is 0.494 e. The highest BCUT2D eigenvalue weighted by molar-refractivity contribution is 5.74. The number of rotatable bonds is 4. The molecule has 1 aromatic heterocycles. The molecule has 0 bridgehead atoms. The maximum absolute atomic E-state index is 11.2. The summed E-state index contributed by atoms with van der Waals surface area (Å²) in [5.41, 5.74) is 2.87. The normalized spacial score (nSPS) is 17.9. The quantitative estimate of drug-likeness (QED) is 0.807. The standard InChI is InChI=1S/C15H17N3O3/c1-10-5-6-13(20-2)12(8-10)18-15(11(9-19)16-17-18)14-4-3-7-21-14/h5-6,8-9,14H,3-4,7H2,1-2H3. The summed E-state index contributed by atoms with van der Waals surface area (Å²) in [5.74, 6) is 0.683. The first-order valence-electron chi connectivity index (χ1n) is 6.92. The molecule has 2 aromatic rings. The van der Waals surface area contributed by atoms with Crippen LogP contribution in [-0.4, -0.2) is 35.0 Å². The summed E-state index contributed by atoms with van der Waals surface area (Å²) in [6.45, 7) is 2.69. The van der Waals surface area contributed by atoms with Gasteiger partial charge in [0.25, 0.3) is 0 Å². The van der Waals surface area contributed by atoms with Gasteiger partial charge in [-0.3, -0.25) is 4.79 Å². The number of hydrogen-bond donors (Lipinski definition) is 0. The van der Waals surface area contributed by atoms with E-state index in [4.69, 9.17) is 9.47 Å². The molecule has 0 radical (unpaired) electrons. The summed E-state index contributed by atoms with van der Waals surface area (Å²) in [6.07, 6.45) is 2.41. The van der Waals surface area contributed by atoms with Crippen LogP contribution in [0.4, 0.5) is 0 Å².